The Hall–Kier alpha value is -0.550. The summed E-state index contributed by atoms with van der Waals surface area (Å²) < 4.78 is 6.70. The van der Waals surface area contributed by atoms with Crippen molar-refractivity contribution in [3.8, 4) is 0 Å². The molecule has 0 saturated heterocycles. The van der Waals surface area contributed by atoms with Crippen molar-refractivity contribution in [2.45, 2.75) is 19.3 Å². The summed E-state index contributed by atoms with van der Waals surface area (Å²) in [6, 6.07) is 3.48. The lowest BCUT2D eigenvalue weighted by Gasteiger charge is -2.08. The second-order valence-electron chi connectivity index (χ2n) is 4.22. The fourth-order valence-corrected chi connectivity index (χ4v) is 2.78. The van der Waals surface area contributed by atoms with Crippen LogP contribution in [0, 0.1) is 5.92 Å². The van der Waals surface area contributed by atoms with E-state index in [0.29, 0.717) is 22.3 Å². The number of carbonyl (C=O) groups is 1. The van der Waals surface area contributed by atoms with Crippen molar-refractivity contribution in [3.05, 3.63) is 26.6 Å². The Balaban J connectivity index is 2.01. The maximum atomic E-state index is 11.8. The number of rotatable bonds is 4. The Morgan fingerprint density at radius 3 is 2.76 bits per heavy atom. The van der Waals surface area contributed by atoms with Gasteiger partial charge in [-0.05, 0) is 40.4 Å². The van der Waals surface area contributed by atoms with Crippen LogP contribution in [0.5, 0.6) is 0 Å². The van der Waals surface area contributed by atoms with Gasteiger partial charge >= 0.3 is 5.97 Å². The summed E-state index contributed by atoms with van der Waals surface area (Å²) in [5.41, 5.74) is 6.65. The molecule has 0 bridgehead atoms. The van der Waals surface area contributed by atoms with E-state index in [9.17, 15) is 4.79 Å². The van der Waals surface area contributed by atoms with Gasteiger partial charge in [-0.2, -0.15) is 0 Å². The summed E-state index contributed by atoms with van der Waals surface area (Å²) in [6.45, 7) is 0.479. The van der Waals surface area contributed by atoms with Crippen molar-refractivity contribution in [2.24, 2.45) is 5.92 Å². The van der Waals surface area contributed by atoms with Crippen LogP contribution in [-0.4, -0.2) is 12.6 Å². The normalized spacial score (nSPS) is 14.7. The van der Waals surface area contributed by atoms with Crippen molar-refractivity contribution < 1.29 is 9.53 Å². The van der Waals surface area contributed by atoms with Crippen LogP contribution in [0.2, 0.25) is 0 Å². The lowest BCUT2D eigenvalue weighted by atomic mass is 10.2. The SMILES string of the molecule is Nc1c(Br)cc(Br)cc1C(=O)OCCC1CC1. The van der Waals surface area contributed by atoms with E-state index in [-0.39, 0.29) is 5.97 Å². The number of carbonyl (C=O) groups excluding carboxylic acids is 1. The quantitative estimate of drug-likeness (QED) is 0.655. The molecule has 0 aromatic heterocycles. The third-order valence-electron chi connectivity index (χ3n) is 2.77. The van der Waals surface area contributed by atoms with Crippen LogP contribution >= 0.6 is 31.9 Å². The van der Waals surface area contributed by atoms with Gasteiger partial charge in [-0.15, -0.1) is 0 Å². The second kappa shape index (κ2) is 5.40. The van der Waals surface area contributed by atoms with Crippen molar-refractivity contribution in [1.29, 1.82) is 0 Å². The first kappa shape index (κ1) is 12.9. The number of benzene rings is 1. The molecule has 0 heterocycles. The number of nitrogen functional groups attached to an aromatic ring is 1. The standard InChI is InChI=1S/C12H13Br2NO2/c13-8-5-9(11(15)10(14)6-8)12(16)17-4-3-7-1-2-7/h5-7H,1-4,15H2. The molecule has 0 aliphatic heterocycles. The molecule has 0 spiro atoms. The van der Waals surface area contributed by atoms with Gasteiger partial charge in [-0.25, -0.2) is 4.79 Å². The fraction of sp³-hybridized carbons (Fsp3) is 0.417. The molecule has 1 aromatic rings. The molecule has 2 N–H and O–H groups in total. The summed E-state index contributed by atoms with van der Waals surface area (Å²) in [7, 11) is 0. The van der Waals surface area contributed by atoms with Crippen LogP contribution in [0.15, 0.2) is 21.1 Å². The molecule has 0 radical (unpaired) electrons. The Kier molecular flexibility index (Phi) is 4.09. The zero-order chi connectivity index (χ0) is 12.4. The maximum Gasteiger partial charge on any atom is 0.340 e. The fourth-order valence-electron chi connectivity index (χ4n) is 1.56. The molecule has 3 nitrogen and oxygen atoms in total. The van der Waals surface area contributed by atoms with E-state index in [1.165, 1.54) is 12.8 Å². The number of ether oxygens (including phenoxy) is 1. The zero-order valence-corrected chi connectivity index (χ0v) is 12.4. The number of hydrogen-bond donors (Lipinski definition) is 1. The van der Waals surface area contributed by atoms with Gasteiger partial charge in [0.15, 0.2) is 0 Å². The summed E-state index contributed by atoms with van der Waals surface area (Å²) in [4.78, 5) is 11.8. The first-order valence-corrected chi connectivity index (χ1v) is 7.08. The van der Waals surface area contributed by atoms with Crippen LogP contribution in [0.25, 0.3) is 0 Å². The molecule has 92 valence electrons. The van der Waals surface area contributed by atoms with E-state index >= 15 is 0 Å². The molecule has 1 fully saturated rings. The highest BCUT2D eigenvalue weighted by Gasteiger charge is 2.22. The Morgan fingerprint density at radius 1 is 1.41 bits per heavy atom. The Bertz CT molecular complexity index is 444. The number of nitrogens with two attached hydrogens (primary N) is 1. The first-order chi connectivity index (χ1) is 8.08. The first-order valence-electron chi connectivity index (χ1n) is 5.49. The number of esters is 1. The molecule has 2 rings (SSSR count). The molecule has 0 atom stereocenters. The second-order valence-corrected chi connectivity index (χ2v) is 5.99. The minimum absolute atomic E-state index is 0.356. The van der Waals surface area contributed by atoms with Gasteiger partial charge in [0.1, 0.15) is 0 Å². The Morgan fingerprint density at radius 2 is 2.12 bits per heavy atom. The molecule has 17 heavy (non-hydrogen) atoms. The van der Waals surface area contributed by atoms with Crippen LogP contribution in [0.4, 0.5) is 5.69 Å². The predicted octanol–water partition coefficient (Wildman–Crippen LogP) is 3.75. The molecule has 1 aliphatic rings. The smallest absolute Gasteiger partial charge is 0.340 e. The average molecular weight is 363 g/mol. The van der Waals surface area contributed by atoms with Crippen LogP contribution in [0.1, 0.15) is 29.6 Å². The van der Waals surface area contributed by atoms with Gasteiger partial charge in [0.25, 0.3) is 0 Å². The van der Waals surface area contributed by atoms with Crippen molar-refractivity contribution in [2.75, 3.05) is 12.3 Å². The monoisotopic (exact) mass is 361 g/mol. The topological polar surface area (TPSA) is 52.3 Å². The lowest BCUT2D eigenvalue weighted by molar-refractivity contribution is 0.0496. The molecule has 1 saturated carbocycles. The molecule has 0 amide bonds. The molecular formula is C12H13Br2NO2. The van der Waals surface area contributed by atoms with Crippen LogP contribution in [0.3, 0.4) is 0 Å². The summed E-state index contributed by atoms with van der Waals surface area (Å²) >= 11 is 6.63. The van der Waals surface area contributed by atoms with Crippen molar-refractivity contribution in [3.63, 3.8) is 0 Å². The van der Waals surface area contributed by atoms with E-state index in [2.05, 4.69) is 31.9 Å². The Labute approximate surface area is 117 Å². The van der Waals surface area contributed by atoms with Crippen LogP contribution < -0.4 is 5.73 Å². The molecule has 0 unspecified atom stereocenters. The molecule has 1 aromatic carbocycles. The van der Waals surface area contributed by atoms with Gasteiger partial charge < -0.3 is 10.5 Å². The van der Waals surface area contributed by atoms with Crippen molar-refractivity contribution in [1.82, 2.24) is 0 Å². The number of halogens is 2. The third kappa shape index (κ3) is 3.45. The molecular weight excluding hydrogens is 350 g/mol. The van der Waals surface area contributed by atoms with Crippen LogP contribution in [-0.2, 0) is 4.74 Å². The van der Waals surface area contributed by atoms with Gasteiger partial charge in [-0.1, -0.05) is 28.8 Å². The molecule has 5 heteroatoms. The average Bonchev–Trinajstić information content (AvgIpc) is 3.07. The number of hydrogen-bond acceptors (Lipinski definition) is 3. The highest BCUT2D eigenvalue weighted by atomic mass is 79.9. The highest BCUT2D eigenvalue weighted by Crippen LogP contribution is 2.32. The van der Waals surface area contributed by atoms with Crippen molar-refractivity contribution >= 4 is 43.5 Å². The minimum atomic E-state index is -0.356. The largest absolute Gasteiger partial charge is 0.462 e. The summed E-state index contributed by atoms with van der Waals surface area (Å²) in [5, 5.41) is 0. The van der Waals surface area contributed by atoms with Gasteiger partial charge in [0, 0.05) is 8.95 Å². The van der Waals surface area contributed by atoms with E-state index in [1.807, 2.05) is 0 Å². The summed E-state index contributed by atoms with van der Waals surface area (Å²) in [5.74, 6) is 0.402. The highest BCUT2D eigenvalue weighted by molar-refractivity contribution is 9.11. The van der Waals surface area contributed by atoms with Gasteiger partial charge in [-0.3, -0.25) is 0 Å². The van der Waals surface area contributed by atoms with E-state index in [4.69, 9.17) is 10.5 Å². The maximum absolute atomic E-state index is 11.8. The zero-order valence-electron chi connectivity index (χ0n) is 9.21. The van der Waals surface area contributed by atoms with E-state index in [1.54, 1.807) is 12.1 Å². The van der Waals surface area contributed by atoms with Gasteiger partial charge in [0.2, 0.25) is 0 Å². The number of anilines is 1. The third-order valence-corrected chi connectivity index (χ3v) is 3.88. The minimum Gasteiger partial charge on any atom is -0.462 e. The summed E-state index contributed by atoms with van der Waals surface area (Å²) in [6.07, 6.45) is 3.49. The lowest BCUT2D eigenvalue weighted by Crippen LogP contribution is -2.10. The predicted molar refractivity (Wildman–Crippen MR) is 73.9 cm³/mol. The van der Waals surface area contributed by atoms with Gasteiger partial charge in [0.05, 0.1) is 17.9 Å². The molecule has 1 aliphatic carbocycles. The van der Waals surface area contributed by atoms with E-state index < -0.39 is 0 Å². The van der Waals surface area contributed by atoms with E-state index in [0.717, 1.165) is 16.8 Å².